The topological polar surface area (TPSA) is 38.9 Å². The highest BCUT2D eigenvalue weighted by Gasteiger charge is 2.10. The molecule has 1 atom stereocenters. The van der Waals surface area contributed by atoms with Crippen LogP contribution < -0.4 is 5.73 Å². The first-order valence-electron chi connectivity index (χ1n) is 6.52. The Labute approximate surface area is 119 Å². The number of thioether (sulfide) groups is 1. The minimum absolute atomic E-state index is 0.383. The Morgan fingerprint density at radius 2 is 1.89 bits per heavy atom. The van der Waals surface area contributed by atoms with E-state index in [9.17, 15) is 0 Å². The molecule has 19 heavy (non-hydrogen) atoms. The summed E-state index contributed by atoms with van der Waals surface area (Å²) in [5.74, 6) is 1.35. The highest BCUT2D eigenvalue weighted by molar-refractivity contribution is 7.99. The third kappa shape index (κ3) is 4.08. The highest BCUT2D eigenvalue weighted by Crippen LogP contribution is 2.25. The van der Waals surface area contributed by atoms with Gasteiger partial charge in [0.05, 0.1) is 5.03 Å². The monoisotopic (exact) mass is 272 g/mol. The van der Waals surface area contributed by atoms with Gasteiger partial charge in [-0.05, 0) is 43.7 Å². The Kier molecular flexibility index (Phi) is 5.00. The maximum Gasteiger partial charge on any atom is 0.0965 e. The number of nitrogens with zero attached hydrogens (tertiary/aromatic N) is 1. The van der Waals surface area contributed by atoms with Crippen molar-refractivity contribution in [2.75, 3.05) is 12.3 Å². The largest absolute Gasteiger partial charge is 0.330 e. The number of aromatic nitrogens is 1. The molecule has 1 aromatic heterocycles. The van der Waals surface area contributed by atoms with Crippen LogP contribution in [0.3, 0.4) is 0 Å². The van der Waals surface area contributed by atoms with Gasteiger partial charge in [-0.2, -0.15) is 0 Å². The minimum atomic E-state index is 0.383. The lowest BCUT2D eigenvalue weighted by Gasteiger charge is -2.14. The van der Waals surface area contributed by atoms with Gasteiger partial charge in [0.1, 0.15) is 0 Å². The van der Waals surface area contributed by atoms with E-state index in [0.29, 0.717) is 12.5 Å². The van der Waals surface area contributed by atoms with Gasteiger partial charge in [-0.3, -0.25) is 0 Å². The third-order valence-electron chi connectivity index (χ3n) is 3.06. The van der Waals surface area contributed by atoms with Crippen LogP contribution in [-0.2, 0) is 0 Å². The molecule has 2 aromatic rings. The molecular weight excluding hydrogens is 252 g/mol. The van der Waals surface area contributed by atoms with Gasteiger partial charge in [-0.15, -0.1) is 11.8 Å². The molecule has 0 aliphatic heterocycles. The molecule has 0 spiro atoms. The van der Waals surface area contributed by atoms with Crippen LogP contribution >= 0.6 is 11.8 Å². The molecule has 1 aromatic carbocycles. The summed E-state index contributed by atoms with van der Waals surface area (Å²) >= 11 is 1.79. The molecule has 0 aliphatic carbocycles. The maximum atomic E-state index is 5.90. The van der Waals surface area contributed by atoms with Crippen LogP contribution in [0.5, 0.6) is 0 Å². The molecule has 0 radical (unpaired) electrons. The van der Waals surface area contributed by atoms with Gasteiger partial charge in [0.25, 0.3) is 0 Å². The van der Waals surface area contributed by atoms with Gasteiger partial charge in [0.2, 0.25) is 0 Å². The quantitative estimate of drug-likeness (QED) is 0.846. The number of pyridine rings is 1. The average Bonchev–Trinajstić information content (AvgIpc) is 2.39. The highest BCUT2D eigenvalue weighted by atomic mass is 32.2. The van der Waals surface area contributed by atoms with Crippen LogP contribution in [0.25, 0.3) is 0 Å². The zero-order valence-corrected chi connectivity index (χ0v) is 12.3. The van der Waals surface area contributed by atoms with Crippen molar-refractivity contribution in [1.29, 1.82) is 0 Å². The molecule has 0 amide bonds. The second-order valence-corrected chi connectivity index (χ2v) is 5.82. The molecule has 1 heterocycles. The Morgan fingerprint density at radius 3 is 2.53 bits per heavy atom. The molecule has 0 saturated heterocycles. The second-order valence-electron chi connectivity index (χ2n) is 4.78. The van der Waals surface area contributed by atoms with Crippen LogP contribution in [0.4, 0.5) is 0 Å². The van der Waals surface area contributed by atoms with Crippen molar-refractivity contribution in [3.63, 3.8) is 0 Å². The number of benzene rings is 1. The first-order chi connectivity index (χ1) is 9.19. The Bertz CT molecular complexity index is 505. The van der Waals surface area contributed by atoms with Gasteiger partial charge >= 0.3 is 0 Å². The average molecular weight is 272 g/mol. The zero-order valence-electron chi connectivity index (χ0n) is 11.5. The summed E-state index contributed by atoms with van der Waals surface area (Å²) in [6.07, 6.45) is 0. The predicted molar refractivity (Wildman–Crippen MR) is 82.7 cm³/mol. The number of rotatable bonds is 5. The molecule has 1 unspecified atom stereocenters. The van der Waals surface area contributed by atoms with E-state index >= 15 is 0 Å². The van der Waals surface area contributed by atoms with Crippen LogP contribution in [0.15, 0.2) is 47.5 Å². The summed E-state index contributed by atoms with van der Waals surface area (Å²) in [5, 5.41) is 1.09. The Hall–Kier alpha value is -1.32. The van der Waals surface area contributed by atoms with Crippen molar-refractivity contribution in [3.8, 4) is 0 Å². The lowest BCUT2D eigenvalue weighted by Crippen LogP contribution is -2.14. The summed E-state index contributed by atoms with van der Waals surface area (Å²) in [4.78, 5) is 4.56. The van der Waals surface area contributed by atoms with Gasteiger partial charge in [0.15, 0.2) is 0 Å². The molecule has 0 aliphatic rings. The number of hydrogen-bond donors (Lipinski definition) is 1. The van der Waals surface area contributed by atoms with E-state index in [2.05, 4.69) is 48.3 Å². The standard InChI is InChI=1S/C16H20N2S/c1-12-8-13(2)18-16(9-12)19-11-15(10-17)14-6-4-3-5-7-14/h3-9,15H,10-11,17H2,1-2H3. The number of nitrogens with two attached hydrogens (primary N) is 1. The smallest absolute Gasteiger partial charge is 0.0965 e. The molecular formula is C16H20N2S. The van der Waals surface area contributed by atoms with E-state index in [-0.39, 0.29) is 0 Å². The summed E-state index contributed by atoms with van der Waals surface area (Å²) in [5.41, 5.74) is 9.54. The summed E-state index contributed by atoms with van der Waals surface area (Å²) < 4.78 is 0. The van der Waals surface area contributed by atoms with E-state index in [1.165, 1.54) is 11.1 Å². The SMILES string of the molecule is Cc1cc(C)nc(SCC(CN)c2ccccc2)c1. The van der Waals surface area contributed by atoms with E-state index in [4.69, 9.17) is 5.73 Å². The van der Waals surface area contributed by atoms with Crippen molar-refractivity contribution >= 4 is 11.8 Å². The van der Waals surface area contributed by atoms with E-state index in [1.54, 1.807) is 11.8 Å². The lowest BCUT2D eigenvalue weighted by molar-refractivity contribution is 0.784. The number of hydrogen-bond acceptors (Lipinski definition) is 3. The van der Waals surface area contributed by atoms with Crippen molar-refractivity contribution in [3.05, 3.63) is 59.3 Å². The van der Waals surface area contributed by atoms with Crippen LogP contribution in [0, 0.1) is 13.8 Å². The number of aryl methyl sites for hydroxylation is 2. The van der Waals surface area contributed by atoms with Crippen LogP contribution in [0.2, 0.25) is 0 Å². The normalized spacial score (nSPS) is 12.4. The van der Waals surface area contributed by atoms with Crippen LogP contribution in [-0.4, -0.2) is 17.3 Å². The van der Waals surface area contributed by atoms with E-state index in [1.807, 2.05) is 13.0 Å². The van der Waals surface area contributed by atoms with E-state index < -0.39 is 0 Å². The van der Waals surface area contributed by atoms with Crippen molar-refractivity contribution in [1.82, 2.24) is 4.98 Å². The molecule has 0 fully saturated rings. The fraction of sp³-hybridized carbons (Fsp3) is 0.312. The second kappa shape index (κ2) is 6.73. The molecule has 100 valence electrons. The Balaban J connectivity index is 2.04. The fourth-order valence-corrected chi connectivity index (χ4v) is 3.27. The minimum Gasteiger partial charge on any atom is -0.330 e. The predicted octanol–water partition coefficient (Wildman–Crippen LogP) is 3.53. The molecule has 0 saturated carbocycles. The molecule has 2 nitrogen and oxygen atoms in total. The van der Waals surface area contributed by atoms with Crippen LogP contribution in [0.1, 0.15) is 22.7 Å². The molecule has 3 heteroatoms. The van der Waals surface area contributed by atoms with Gasteiger partial charge in [0, 0.05) is 17.4 Å². The van der Waals surface area contributed by atoms with Crippen molar-refractivity contribution in [2.45, 2.75) is 24.8 Å². The lowest BCUT2D eigenvalue weighted by atomic mass is 10.0. The Morgan fingerprint density at radius 1 is 1.16 bits per heavy atom. The van der Waals surface area contributed by atoms with Crippen molar-refractivity contribution in [2.24, 2.45) is 5.73 Å². The summed E-state index contributed by atoms with van der Waals surface area (Å²) in [7, 11) is 0. The zero-order chi connectivity index (χ0) is 13.7. The molecule has 0 bridgehead atoms. The fourth-order valence-electron chi connectivity index (χ4n) is 2.09. The first-order valence-corrected chi connectivity index (χ1v) is 7.50. The molecule has 2 rings (SSSR count). The maximum absolute atomic E-state index is 5.90. The third-order valence-corrected chi connectivity index (χ3v) is 4.14. The molecule has 2 N–H and O–H groups in total. The first kappa shape index (κ1) is 14.1. The van der Waals surface area contributed by atoms with Gasteiger partial charge in [-0.25, -0.2) is 4.98 Å². The van der Waals surface area contributed by atoms with Crippen molar-refractivity contribution < 1.29 is 0 Å². The summed E-state index contributed by atoms with van der Waals surface area (Å²) in [6, 6.07) is 14.7. The van der Waals surface area contributed by atoms with Gasteiger partial charge in [-0.1, -0.05) is 30.3 Å². The van der Waals surface area contributed by atoms with E-state index in [0.717, 1.165) is 16.5 Å². The van der Waals surface area contributed by atoms with Gasteiger partial charge < -0.3 is 5.73 Å². The summed E-state index contributed by atoms with van der Waals surface area (Å²) in [6.45, 7) is 4.81.